The van der Waals surface area contributed by atoms with Crippen LogP contribution in [0.2, 0.25) is 0 Å². The monoisotopic (exact) mass is 241 g/mol. The van der Waals surface area contributed by atoms with Gasteiger partial charge in [-0.25, -0.2) is 0 Å². The van der Waals surface area contributed by atoms with E-state index in [-0.39, 0.29) is 0 Å². The summed E-state index contributed by atoms with van der Waals surface area (Å²) < 4.78 is 1.05. The van der Waals surface area contributed by atoms with Gasteiger partial charge in [0, 0.05) is 15.6 Å². The molecule has 0 amide bonds. The van der Waals surface area contributed by atoms with E-state index in [9.17, 15) is 5.11 Å². The first kappa shape index (κ1) is 11.7. The standard InChI is InChI=1S/C14H11NOS/c1-14(2,16)7-6-10-4-3-5-13-12(10)8-11(9-15)17-13/h3-5,8,16H,1-2H3. The molecule has 0 saturated carbocycles. The van der Waals surface area contributed by atoms with E-state index in [1.165, 1.54) is 11.3 Å². The van der Waals surface area contributed by atoms with E-state index in [0.717, 1.165) is 15.6 Å². The SMILES string of the molecule is CC(C)(O)C#Cc1cccc2sc(C#N)cc12. The minimum Gasteiger partial charge on any atom is -0.378 e. The smallest absolute Gasteiger partial charge is 0.120 e. The molecule has 0 fully saturated rings. The topological polar surface area (TPSA) is 44.0 Å². The zero-order valence-corrected chi connectivity index (χ0v) is 10.4. The Hall–Kier alpha value is -1.81. The number of fused-ring (bicyclic) bond motifs is 1. The molecular weight excluding hydrogens is 230 g/mol. The van der Waals surface area contributed by atoms with Gasteiger partial charge >= 0.3 is 0 Å². The van der Waals surface area contributed by atoms with Gasteiger partial charge in [0.15, 0.2) is 0 Å². The van der Waals surface area contributed by atoms with E-state index < -0.39 is 5.60 Å². The number of nitrogens with zero attached hydrogens (tertiary/aromatic N) is 1. The molecule has 0 saturated heterocycles. The van der Waals surface area contributed by atoms with Gasteiger partial charge in [0.25, 0.3) is 0 Å². The average Bonchev–Trinajstić information content (AvgIpc) is 2.68. The zero-order chi connectivity index (χ0) is 12.5. The van der Waals surface area contributed by atoms with Gasteiger partial charge in [0.1, 0.15) is 16.5 Å². The third kappa shape index (κ3) is 2.65. The molecular formula is C14H11NOS. The van der Waals surface area contributed by atoms with Crippen LogP contribution in [0.5, 0.6) is 0 Å². The van der Waals surface area contributed by atoms with E-state index in [1.54, 1.807) is 13.8 Å². The van der Waals surface area contributed by atoms with Crippen LogP contribution in [0.1, 0.15) is 24.3 Å². The van der Waals surface area contributed by atoms with E-state index >= 15 is 0 Å². The fraction of sp³-hybridized carbons (Fsp3) is 0.214. The van der Waals surface area contributed by atoms with Crippen LogP contribution in [0.4, 0.5) is 0 Å². The van der Waals surface area contributed by atoms with Crippen LogP contribution in [0.25, 0.3) is 10.1 Å². The van der Waals surface area contributed by atoms with Crippen molar-refractivity contribution in [1.82, 2.24) is 0 Å². The lowest BCUT2D eigenvalue weighted by atomic mass is 10.1. The Kier molecular flexibility index (Phi) is 2.90. The Labute approximate surface area is 104 Å². The number of aliphatic hydroxyl groups is 1. The first-order chi connectivity index (χ1) is 7.99. The Morgan fingerprint density at radius 3 is 2.76 bits per heavy atom. The highest BCUT2D eigenvalue weighted by Crippen LogP contribution is 2.27. The molecule has 3 heteroatoms. The molecule has 0 aliphatic heterocycles. The normalized spacial score (nSPS) is 10.7. The van der Waals surface area contributed by atoms with Crippen LogP contribution < -0.4 is 0 Å². The molecule has 2 aromatic rings. The lowest BCUT2D eigenvalue weighted by Crippen LogP contribution is -2.14. The van der Waals surface area contributed by atoms with Crippen molar-refractivity contribution in [3.8, 4) is 17.9 Å². The second kappa shape index (κ2) is 4.22. The molecule has 1 aromatic carbocycles. The fourth-order valence-electron chi connectivity index (χ4n) is 1.45. The summed E-state index contributed by atoms with van der Waals surface area (Å²) in [6.45, 7) is 3.29. The van der Waals surface area contributed by atoms with Crippen molar-refractivity contribution in [2.24, 2.45) is 0 Å². The lowest BCUT2D eigenvalue weighted by Gasteiger charge is -2.06. The highest BCUT2D eigenvalue weighted by atomic mass is 32.1. The summed E-state index contributed by atoms with van der Waals surface area (Å²) in [5.74, 6) is 5.75. The zero-order valence-electron chi connectivity index (χ0n) is 9.61. The summed E-state index contributed by atoms with van der Waals surface area (Å²) in [5, 5.41) is 19.4. The van der Waals surface area contributed by atoms with Gasteiger partial charge in [-0.1, -0.05) is 17.9 Å². The van der Waals surface area contributed by atoms with Gasteiger partial charge in [-0.15, -0.1) is 11.3 Å². The van der Waals surface area contributed by atoms with Crippen LogP contribution in [0.3, 0.4) is 0 Å². The fourth-order valence-corrected chi connectivity index (χ4v) is 2.33. The Morgan fingerprint density at radius 1 is 1.35 bits per heavy atom. The molecule has 0 aliphatic carbocycles. The van der Waals surface area contributed by atoms with Gasteiger partial charge in [-0.3, -0.25) is 0 Å². The molecule has 17 heavy (non-hydrogen) atoms. The molecule has 0 radical (unpaired) electrons. The maximum Gasteiger partial charge on any atom is 0.120 e. The number of hydrogen-bond acceptors (Lipinski definition) is 3. The maximum absolute atomic E-state index is 9.58. The predicted octanol–water partition coefficient (Wildman–Crippen LogP) is 2.90. The highest BCUT2D eigenvalue weighted by Gasteiger charge is 2.07. The van der Waals surface area contributed by atoms with E-state index in [2.05, 4.69) is 17.9 Å². The minimum absolute atomic E-state index is 0.678. The summed E-state index contributed by atoms with van der Waals surface area (Å²) in [6, 6.07) is 9.76. The maximum atomic E-state index is 9.58. The number of rotatable bonds is 0. The third-order valence-electron chi connectivity index (χ3n) is 2.17. The van der Waals surface area contributed by atoms with Crippen molar-refractivity contribution in [3.63, 3.8) is 0 Å². The van der Waals surface area contributed by atoms with E-state index in [1.807, 2.05) is 24.3 Å². The Morgan fingerprint density at radius 2 is 2.12 bits per heavy atom. The Bertz CT molecular complexity index is 659. The lowest BCUT2D eigenvalue weighted by molar-refractivity contribution is 0.143. The van der Waals surface area contributed by atoms with Crippen molar-refractivity contribution >= 4 is 21.4 Å². The van der Waals surface area contributed by atoms with Crippen LogP contribution in [-0.2, 0) is 0 Å². The third-order valence-corrected chi connectivity index (χ3v) is 3.18. The van der Waals surface area contributed by atoms with Crippen LogP contribution in [-0.4, -0.2) is 10.7 Å². The second-order valence-electron chi connectivity index (χ2n) is 4.25. The molecule has 1 aromatic heterocycles. The van der Waals surface area contributed by atoms with Crippen molar-refractivity contribution in [1.29, 1.82) is 5.26 Å². The van der Waals surface area contributed by atoms with Crippen LogP contribution in [0, 0.1) is 23.2 Å². The summed E-state index contributed by atoms with van der Waals surface area (Å²) in [6.07, 6.45) is 0. The molecule has 1 N–H and O–H groups in total. The summed E-state index contributed by atoms with van der Waals surface area (Å²) in [4.78, 5) is 0.678. The Balaban J connectivity index is 2.58. The molecule has 0 spiro atoms. The van der Waals surface area contributed by atoms with Gasteiger partial charge in [0.05, 0.1) is 0 Å². The first-order valence-corrected chi connectivity index (χ1v) is 5.99. The van der Waals surface area contributed by atoms with E-state index in [0.29, 0.717) is 4.88 Å². The summed E-state index contributed by atoms with van der Waals surface area (Å²) in [7, 11) is 0. The minimum atomic E-state index is -1.00. The second-order valence-corrected chi connectivity index (χ2v) is 5.33. The molecule has 0 aliphatic rings. The van der Waals surface area contributed by atoms with Crippen molar-refractivity contribution in [3.05, 3.63) is 34.7 Å². The highest BCUT2D eigenvalue weighted by molar-refractivity contribution is 7.19. The van der Waals surface area contributed by atoms with Gasteiger partial charge in [0.2, 0.25) is 0 Å². The summed E-state index contributed by atoms with van der Waals surface area (Å²) in [5.41, 5.74) is -0.154. The number of benzene rings is 1. The number of nitriles is 1. The molecule has 0 unspecified atom stereocenters. The molecule has 1 heterocycles. The van der Waals surface area contributed by atoms with Crippen molar-refractivity contribution in [2.75, 3.05) is 0 Å². The van der Waals surface area contributed by atoms with Crippen molar-refractivity contribution < 1.29 is 5.11 Å². The molecule has 0 bridgehead atoms. The van der Waals surface area contributed by atoms with Crippen LogP contribution >= 0.6 is 11.3 Å². The quantitative estimate of drug-likeness (QED) is 0.721. The first-order valence-electron chi connectivity index (χ1n) is 5.18. The largest absolute Gasteiger partial charge is 0.378 e. The predicted molar refractivity (Wildman–Crippen MR) is 69.7 cm³/mol. The van der Waals surface area contributed by atoms with Gasteiger partial charge in [-0.2, -0.15) is 5.26 Å². The van der Waals surface area contributed by atoms with Crippen LogP contribution in [0.15, 0.2) is 24.3 Å². The van der Waals surface area contributed by atoms with Crippen molar-refractivity contribution in [2.45, 2.75) is 19.4 Å². The molecule has 0 atom stereocenters. The number of thiophene rings is 1. The van der Waals surface area contributed by atoms with E-state index in [4.69, 9.17) is 5.26 Å². The summed E-state index contributed by atoms with van der Waals surface area (Å²) >= 11 is 1.45. The molecule has 2 rings (SSSR count). The van der Waals surface area contributed by atoms with Gasteiger partial charge in [-0.05, 0) is 32.0 Å². The number of hydrogen-bond donors (Lipinski definition) is 1. The molecule has 84 valence electrons. The molecule has 2 nitrogen and oxygen atoms in total. The van der Waals surface area contributed by atoms with Gasteiger partial charge < -0.3 is 5.11 Å². The average molecular weight is 241 g/mol.